The maximum atomic E-state index is 8.68. The molecule has 0 amide bonds. The van der Waals surface area contributed by atoms with E-state index < -0.39 is 21.1 Å². The standard InChI is InChI=1S/Co.HIO3.6H2N/c;2-1(3)4;;;;;;/h;2H;6*1H2/q+3;;6*-1. The summed E-state index contributed by atoms with van der Waals surface area (Å²) in [5.74, 6) is 0. The molecule has 0 radical (unpaired) electrons. The third-order valence-corrected chi connectivity index (χ3v) is 0. The Morgan fingerprint density at radius 2 is 0.727 bits per heavy atom. The Kier molecular flexibility index (Phi) is 600. The summed E-state index contributed by atoms with van der Waals surface area (Å²) in [7, 11) is 0. The van der Waals surface area contributed by atoms with Crippen LogP contribution in [0.5, 0.6) is 0 Å². The van der Waals surface area contributed by atoms with Crippen molar-refractivity contribution in [2.45, 2.75) is 0 Å². The second-order valence-electron chi connectivity index (χ2n) is 0.201. The molecule has 0 aromatic heterocycles. The minimum atomic E-state index is -3.76. The maximum absolute atomic E-state index is 8.68. The molecule has 80 valence electrons. The van der Waals surface area contributed by atoms with Gasteiger partial charge in [-0.15, -0.1) is 0 Å². The molecule has 0 saturated heterocycles. The van der Waals surface area contributed by atoms with Crippen molar-refractivity contribution in [2.24, 2.45) is 0 Å². The average molecular weight is 331 g/mol. The minimum Gasteiger partial charge on any atom is -0.693 e. The first-order valence-electron chi connectivity index (χ1n) is 0.478. The number of hydrogen-bond acceptors (Lipinski definition) is 3. The van der Waals surface area contributed by atoms with Crippen LogP contribution in [0.15, 0.2) is 0 Å². The fourth-order valence-electron chi connectivity index (χ4n) is 0. The van der Waals surface area contributed by atoms with Crippen LogP contribution in [0.3, 0.4) is 0 Å². The molecule has 0 aromatic rings. The number of halogens is 1. The summed E-state index contributed by atoms with van der Waals surface area (Å²) < 4.78 is 24.5. The van der Waals surface area contributed by atoms with Crippen molar-refractivity contribution in [3.8, 4) is 0 Å². The van der Waals surface area contributed by atoms with Crippen molar-refractivity contribution in [3.63, 3.8) is 0 Å². The molecule has 0 saturated carbocycles. The first-order valence-corrected chi connectivity index (χ1v) is 3.20. The van der Waals surface area contributed by atoms with E-state index in [0.717, 1.165) is 0 Å². The van der Waals surface area contributed by atoms with Crippen LogP contribution in [0.1, 0.15) is 0 Å². The molecule has 0 unspecified atom stereocenters. The fourth-order valence-corrected chi connectivity index (χ4v) is 0. The van der Waals surface area contributed by atoms with Crippen LogP contribution < -0.4 is 27.9 Å². The van der Waals surface area contributed by atoms with E-state index in [-0.39, 0.29) is 53.7 Å². The fraction of sp³-hybridized carbons (Fsp3) is 0. The monoisotopic (exact) mass is 331 g/mol. The van der Waals surface area contributed by atoms with Crippen LogP contribution in [-0.2, 0) is 16.8 Å². The van der Waals surface area contributed by atoms with Crippen LogP contribution in [0.4, 0.5) is 0 Å². The Bertz CT molecular complexity index is 22.5. The van der Waals surface area contributed by atoms with E-state index in [0.29, 0.717) is 0 Å². The van der Waals surface area contributed by atoms with Gasteiger partial charge in [-0.3, -0.25) is 0 Å². The van der Waals surface area contributed by atoms with Crippen molar-refractivity contribution in [2.75, 3.05) is 0 Å². The first-order chi connectivity index (χ1) is 1.73. The summed E-state index contributed by atoms with van der Waals surface area (Å²) in [6.45, 7) is 0. The molecule has 0 atom stereocenters. The van der Waals surface area contributed by atoms with E-state index in [2.05, 4.69) is 0 Å². The Hall–Kier alpha value is 0.876. The predicted octanol–water partition coefficient (Wildman–Crippen LogP) is -1.63. The SMILES string of the molecule is [Co+3].[NH2-].[NH2-].[NH2-].[NH2-].[NH2-].[NH2-].[O-][I+2]([O-])O. The Morgan fingerprint density at radius 3 is 0.727 bits per heavy atom. The van der Waals surface area contributed by atoms with E-state index in [1.165, 1.54) is 0 Å². The molecule has 13 N–H and O–H groups in total. The summed E-state index contributed by atoms with van der Waals surface area (Å²) in [5, 5.41) is 0. The molecule has 0 bridgehead atoms. The molecule has 0 aliphatic rings. The smallest absolute Gasteiger partial charge is 0.693 e. The van der Waals surface area contributed by atoms with Crippen LogP contribution in [-0.4, -0.2) is 3.44 Å². The van der Waals surface area contributed by atoms with Crippen molar-refractivity contribution >= 4 is 0 Å². The van der Waals surface area contributed by atoms with Gasteiger partial charge in [0.1, 0.15) is 0 Å². The second-order valence-corrected chi connectivity index (χ2v) is 1.35. The average Bonchev–Trinajstić information content (AvgIpc) is 0.811. The predicted molar refractivity (Wildman–Crippen MR) is 33.9 cm³/mol. The van der Waals surface area contributed by atoms with Crippen molar-refractivity contribution < 1.29 is 48.2 Å². The van der Waals surface area contributed by atoms with Gasteiger partial charge in [-0.05, 0) is 3.44 Å². The molecule has 11 heavy (non-hydrogen) atoms. The second kappa shape index (κ2) is 70.6. The molecule has 0 aliphatic carbocycles. The summed E-state index contributed by atoms with van der Waals surface area (Å²) in [5.41, 5.74) is 0. The molecule has 0 spiro atoms. The van der Waals surface area contributed by atoms with Crippen molar-refractivity contribution in [3.05, 3.63) is 36.9 Å². The molecular weight excluding hydrogens is 318 g/mol. The Morgan fingerprint density at radius 1 is 0.727 bits per heavy atom. The minimum absolute atomic E-state index is 0. The molecule has 0 aliphatic heterocycles. The number of hydrogen-bond donors (Lipinski definition) is 1. The third kappa shape index (κ3) is 1120. The summed E-state index contributed by atoms with van der Waals surface area (Å²) >= 11 is -3.76. The molecule has 0 fully saturated rings. The summed E-state index contributed by atoms with van der Waals surface area (Å²) in [4.78, 5) is 0. The van der Waals surface area contributed by atoms with Crippen LogP contribution >= 0.6 is 0 Å². The van der Waals surface area contributed by atoms with Gasteiger partial charge in [0.2, 0.25) is 0 Å². The third-order valence-electron chi connectivity index (χ3n) is 0. The molecular formula is H13CoIN6O3-3. The number of rotatable bonds is 0. The van der Waals surface area contributed by atoms with Crippen LogP contribution in [0.25, 0.3) is 36.9 Å². The van der Waals surface area contributed by atoms with Gasteiger partial charge in [0.25, 0.3) is 0 Å². The Balaban J connectivity index is -0.00000000214. The van der Waals surface area contributed by atoms with Gasteiger partial charge in [-0.1, -0.05) is 0 Å². The van der Waals surface area contributed by atoms with E-state index in [4.69, 9.17) is 10.3 Å². The summed E-state index contributed by atoms with van der Waals surface area (Å²) in [6, 6.07) is 0. The van der Waals surface area contributed by atoms with E-state index in [1.807, 2.05) is 0 Å². The van der Waals surface area contributed by atoms with E-state index in [1.54, 1.807) is 0 Å². The quantitative estimate of drug-likeness (QED) is 0.512. The van der Waals surface area contributed by atoms with Gasteiger partial charge in [0.15, 0.2) is 0 Å². The van der Waals surface area contributed by atoms with Gasteiger partial charge in [0.05, 0.1) is 0 Å². The van der Waals surface area contributed by atoms with Crippen LogP contribution in [0.2, 0.25) is 0 Å². The zero-order valence-corrected chi connectivity index (χ0v) is 8.64. The van der Waals surface area contributed by atoms with E-state index in [9.17, 15) is 0 Å². The van der Waals surface area contributed by atoms with Crippen LogP contribution in [0, 0.1) is 0 Å². The zero-order chi connectivity index (χ0) is 3.58. The normalized spacial score (nSPS) is 3.27. The van der Waals surface area contributed by atoms with Gasteiger partial charge in [-0.25, -0.2) is 0 Å². The molecule has 9 nitrogen and oxygen atoms in total. The van der Waals surface area contributed by atoms with E-state index >= 15 is 0 Å². The molecule has 11 heteroatoms. The molecule has 0 rings (SSSR count). The van der Waals surface area contributed by atoms with Gasteiger partial charge >= 0.3 is 37.8 Å². The van der Waals surface area contributed by atoms with Gasteiger partial charge < -0.3 is 43.8 Å². The van der Waals surface area contributed by atoms with Crippen molar-refractivity contribution in [1.29, 1.82) is 0 Å². The van der Waals surface area contributed by atoms with Gasteiger partial charge in [-0.2, -0.15) is 0 Å². The van der Waals surface area contributed by atoms with Gasteiger partial charge in [0, 0.05) is 0 Å². The molecule has 0 heterocycles. The Labute approximate surface area is 85.1 Å². The largest absolute Gasteiger partial charge is 3.00 e. The summed E-state index contributed by atoms with van der Waals surface area (Å²) in [6.07, 6.45) is 0. The van der Waals surface area contributed by atoms with Crippen molar-refractivity contribution in [1.82, 2.24) is 0 Å². The maximum Gasteiger partial charge on any atom is 3.00 e. The zero-order valence-electron chi connectivity index (χ0n) is 5.44. The first kappa shape index (κ1) is 93.5. The molecule has 0 aromatic carbocycles. The number of nitrogens with two attached hydrogens (primary N) is 6. The topological polar surface area (TPSA) is 267 Å².